The first-order valence-corrected chi connectivity index (χ1v) is 7.67. The lowest BCUT2D eigenvalue weighted by molar-refractivity contribution is 0.484. The van der Waals surface area contributed by atoms with Crippen LogP contribution in [0.15, 0.2) is 11.1 Å². The Labute approximate surface area is 109 Å². The second-order valence-corrected chi connectivity index (χ2v) is 6.21. The number of nitrogens with two attached hydrogens (primary N) is 1. The summed E-state index contributed by atoms with van der Waals surface area (Å²) >= 11 is 0. The van der Waals surface area contributed by atoms with Gasteiger partial charge in [0, 0.05) is 6.04 Å². The fraction of sp³-hybridized carbons (Fsp3) is 0.727. The molecule has 1 heterocycles. The van der Waals surface area contributed by atoms with Crippen molar-refractivity contribution in [2.45, 2.75) is 57.5 Å². The highest BCUT2D eigenvalue weighted by Crippen LogP contribution is 2.22. The van der Waals surface area contributed by atoms with Crippen molar-refractivity contribution in [2.75, 3.05) is 5.73 Å². The quantitative estimate of drug-likeness (QED) is 0.822. The molecule has 6 nitrogen and oxygen atoms in total. The average molecular weight is 274 g/mol. The van der Waals surface area contributed by atoms with E-state index >= 15 is 0 Å². The van der Waals surface area contributed by atoms with Crippen molar-refractivity contribution in [3.8, 4) is 0 Å². The normalized spacial score (nSPS) is 15.6. The summed E-state index contributed by atoms with van der Waals surface area (Å²) in [5.74, 6) is 0.195. The molecule has 7 heteroatoms. The molecule has 0 fully saturated rings. The first-order valence-electron chi connectivity index (χ1n) is 6.18. The molecule has 18 heavy (non-hydrogen) atoms. The van der Waals surface area contributed by atoms with Crippen molar-refractivity contribution in [2.24, 2.45) is 0 Å². The van der Waals surface area contributed by atoms with Gasteiger partial charge in [0.1, 0.15) is 10.7 Å². The molecule has 0 bridgehead atoms. The molecule has 1 aromatic heterocycles. The van der Waals surface area contributed by atoms with Gasteiger partial charge in [-0.05, 0) is 26.7 Å². The van der Waals surface area contributed by atoms with E-state index in [0.717, 1.165) is 12.8 Å². The first-order chi connectivity index (χ1) is 8.33. The Balaban J connectivity index is 3.07. The Hall–Kier alpha value is -1.08. The van der Waals surface area contributed by atoms with Gasteiger partial charge in [0.05, 0.1) is 12.2 Å². The zero-order valence-corrected chi connectivity index (χ0v) is 12.2. The van der Waals surface area contributed by atoms with Crippen LogP contribution in [0.25, 0.3) is 0 Å². The third-order valence-electron chi connectivity index (χ3n) is 3.07. The number of rotatable bonds is 6. The summed E-state index contributed by atoms with van der Waals surface area (Å²) in [4.78, 5) is 0.0584. The number of nitrogens with one attached hydrogen (secondary N) is 1. The lowest BCUT2D eigenvalue weighted by Crippen LogP contribution is -2.32. The van der Waals surface area contributed by atoms with E-state index in [-0.39, 0.29) is 22.8 Å². The zero-order chi connectivity index (χ0) is 13.9. The molecule has 2 unspecified atom stereocenters. The third-order valence-corrected chi connectivity index (χ3v) is 4.67. The molecule has 0 amide bonds. The Kier molecular flexibility index (Phi) is 4.75. The molecular formula is C11H22N4O2S. The number of nitrogen functional groups attached to an aromatic ring is 1. The van der Waals surface area contributed by atoms with E-state index < -0.39 is 10.0 Å². The fourth-order valence-electron chi connectivity index (χ4n) is 1.50. The number of hydrogen-bond acceptors (Lipinski definition) is 4. The maximum Gasteiger partial charge on any atom is 0.246 e. The van der Waals surface area contributed by atoms with Crippen molar-refractivity contribution in [1.29, 1.82) is 0 Å². The molecule has 0 spiro atoms. The van der Waals surface area contributed by atoms with Gasteiger partial charge in [0.15, 0.2) is 0 Å². The van der Waals surface area contributed by atoms with Crippen LogP contribution in [0, 0.1) is 0 Å². The molecule has 1 rings (SSSR count). The van der Waals surface area contributed by atoms with E-state index in [1.165, 1.54) is 6.20 Å². The van der Waals surface area contributed by atoms with Gasteiger partial charge in [-0.2, -0.15) is 5.10 Å². The van der Waals surface area contributed by atoms with Crippen molar-refractivity contribution < 1.29 is 8.42 Å². The molecular weight excluding hydrogens is 252 g/mol. The van der Waals surface area contributed by atoms with Crippen LogP contribution >= 0.6 is 0 Å². The molecule has 2 atom stereocenters. The van der Waals surface area contributed by atoms with Crippen LogP contribution in [0.1, 0.15) is 46.6 Å². The molecule has 1 aromatic rings. The molecule has 0 aliphatic rings. The second-order valence-electron chi connectivity index (χ2n) is 4.53. The highest BCUT2D eigenvalue weighted by molar-refractivity contribution is 7.89. The van der Waals surface area contributed by atoms with E-state index in [0.29, 0.717) is 0 Å². The Morgan fingerprint density at radius 3 is 2.50 bits per heavy atom. The van der Waals surface area contributed by atoms with Gasteiger partial charge < -0.3 is 5.73 Å². The van der Waals surface area contributed by atoms with Crippen LogP contribution in [0.3, 0.4) is 0 Å². The molecule has 104 valence electrons. The van der Waals surface area contributed by atoms with Crippen molar-refractivity contribution in [3.05, 3.63) is 6.20 Å². The van der Waals surface area contributed by atoms with Gasteiger partial charge in [-0.15, -0.1) is 0 Å². The lowest BCUT2D eigenvalue weighted by atomic mass is 10.3. The van der Waals surface area contributed by atoms with Crippen LogP contribution in [-0.2, 0) is 10.0 Å². The maximum atomic E-state index is 12.1. The first kappa shape index (κ1) is 15.0. The standard InChI is InChI=1S/C11H22N4O2S/c1-5-8(3)14-18(16,17)10-7-13-15(11(10)12)9(4)6-2/h7-9,14H,5-6,12H2,1-4H3. The van der Waals surface area contributed by atoms with Crippen LogP contribution in [0.5, 0.6) is 0 Å². The van der Waals surface area contributed by atoms with E-state index in [1.807, 2.05) is 27.7 Å². The third kappa shape index (κ3) is 3.02. The van der Waals surface area contributed by atoms with Crippen LogP contribution < -0.4 is 10.5 Å². The second kappa shape index (κ2) is 5.71. The van der Waals surface area contributed by atoms with Crippen molar-refractivity contribution >= 4 is 15.8 Å². The number of aromatic nitrogens is 2. The smallest absolute Gasteiger partial charge is 0.246 e. The van der Waals surface area contributed by atoms with Gasteiger partial charge in [-0.25, -0.2) is 17.8 Å². The topological polar surface area (TPSA) is 90.0 Å². The summed E-state index contributed by atoms with van der Waals surface area (Å²) in [6.45, 7) is 7.67. The minimum atomic E-state index is -3.58. The minimum Gasteiger partial charge on any atom is -0.383 e. The molecule has 0 saturated heterocycles. The van der Waals surface area contributed by atoms with Crippen molar-refractivity contribution in [1.82, 2.24) is 14.5 Å². The molecule has 0 aromatic carbocycles. The summed E-state index contributed by atoms with van der Waals surface area (Å²) in [5.41, 5.74) is 5.86. The van der Waals surface area contributed by atoms with Gasteiger partial charge in [-0.3, -0.25) is 0 Å². The van der Waals surface area contributed by atoms with E-state index in [2.05, 4.69) is 9.82 Å². The fourth-order valence-corrected chi connectivity index (χ4v) is 2.88. The highest BCUT2D eigenvalue weighted by Gasteiger charge is 2.24. The summed E-state index contributed by atoms with van der Waals surface area (Å²) < 4.78 is 28.3. The average Bonchev–Trinajstić information content (AvgIpc) is 2.70. The number of hydrogen-bond donors (Lipinski definition) is 2. The monoisotopic (exact) mass is 274 g/mol. The van der Waals surface area contributed by atoms with Gasteiger partial charge in [0.2, 0.25) is 10.0 Å². The van der Waals surface area contributed by atoms with Crippen LogP contribution in [0.4, 0.5) is 5.82 Å². The highest BCUT2D eigenvalue weighted by atomic mass is 32.2. The molecule has 0 radical (unpaired) electrons. The molecule has 3 N–H and O–H groups in total. The summed E-state index contributed by atoms with van der Waals surface area (Å²) in [6.07, 6.45) is 2.87. The summed E-state index contributed by atoms with van der Waals surface area (Å²) in [5, 5.41) is 4.06. The molecule has 0 aliphatic carbocycles. The van der Waals surface area contributed by atoms with Crippen LogP contribution in [0.2, 0.25) is 0 Å². The lowest BCUT2D eigenvalue weighted by Gasteiger charge is -2.13. The van der Waals surface area contributed by atoms with Gasteiger partial charge >= 0.3 is 0 Å². The van der Waals surface area contributed by atoms with Crippen molar-refractivity contribution in [3.63, 3.8) is 0 Å². The largest absolute Gasteiger partial charge is 0.383 e. The Morgan fingerprint density at radius 1 is 1.39 bits per heavy atom. The maximum absolute atomic E-state index is 12.1. The van der Waals surface area contributed by atoms with Gasteiger partial charge in [0.25, 0.3) is 0 Å². The zero-order valence-electron chi connectivity index (χ0n) is 11.3. The predicted octanol–water partition coefficient (Wildman–Crippen LogP) is 1.51. The van der Waals surface area contributed by atoms with Crippen LogP contribution in [-0.4, -0.2) is 24.2 Å². The summed E-state index contributed by atoms with van der Waals surface area (Å²) in [7, 11) is -3.58. The minimum absolute atomic E-state index is 0.0584. The number of nitrogens with zero attached hydrogens (tertiary/aromatic N) is 2. The molecule has 0 aliphatic heterocycles. The van der Waals surface area contributed by atoms with E-state index in [4.69, 9.17) is 5.73 Å². The number of anilines is 1. The molecule has 0 saturated carbocycles. The Morgan fingerprint density at radius 2 is 2.00 bits per heavy atom. The SMILES string of the molecule is CCC(C)NS(=O)(=O)c1cnn(C(C)CC)c1N. The van der Waals surface area contributed by atoms with E-state index in [9.17, 15) is 8.42 Å². The van der Waals surface area contributed by atoms with Gasteiger partial charge in [-0.1, -0.05) is 13.8 Å². The summed E-state index contributed by atoms with van der Waals surface area (Å²) in [6, 6.07) is -0.0427. The number of sulfonamides is 1. The Bertz CT molecular complexity index is 495. The predicted molar refractivity (Wildman–Crippen MR) is 71.7 cm³/mol. The van der Waals surface area contributed by atoms with E-state index in [1.54, 1.807) is 4.68 Å².